The fraction of sp³-hybridized carbons (Fsp3) is 0.333. The van der Waals surface area contributed by atoms with E-state index < -0.39 is 0 Å². The molecule has 31 heavy (non-hydrogen) atoms. The number of amides is 2. The summed E-state index contributed by atoms with van der Waals surface area (Å²) in [6, 6.07) is 12.5. The van der Waals surface area contributed by atoms with Gasteiger partial charge in [-0.15, -0.1) is 0 Å². The van der Waals surface area contributed by atoms with Gasteiger partial charge < -0.3 is 9.80 Å². The molecule has 2 heterocycles. The summed E-state index contributed by atoms with van der Waals surface area (Å²) in [6.45, 7) is 3.78. The van der Waals surface area contributed by atoms with Crippen molar-refractivity contribution in [2.24, 2.45) is 0 Å². The molecule has 0 aromatic heterocycles. The molecule has 0 saturated carbocycles. The number of piperidine rings is 1. The maximum Gasteiger partial charge on any atom is 0.282 e. The number of likely N-dealkylation sites (N-methyl/N-ethyl adjacent to an activating group) is 1. The molecule has 1 fully saturated rings. The van der Waals surface area contributed by atoms with Gasteiger partial charge in [-0.2, -0.15) is 0 Å². The van der Waals surface area contributed by atoms with Crippen molar-refractivity contribution in [3.8, 4) is 0 Å². The van der Waals surface area contributed by atoms with Gasteiger partial charge in [0.15, 0.2) is 0 Å². The summed E-state index contributed by atoms with van der Waals surface area (Å²) in [5.74, 6) is -0.658. The molecule has 162 valence electrons. The molecule has 0 aliphatic carbocycles. The molecule has 0 bridgehead atoms. The first kappa shape index (κ1) is 21.9. The fourth-order valence-electron chi connectivity index (χ4n) is 4.33. The molecule has 5 nitrogen and oxygen atoms in total. The maximum absolute atomic E-state index is 13.7. The third kappa shape index (κ3) is 4.10. The van der Waals surface area contributed by atoms with Crippen molar-refractivity contribution in [2.75, 3.05) is 32.1 Å². The van der Waals surface area contributed by atoms with Gasteiger partial charge in [-0.05, 0) is 75.3 Å². The first-order valence-electron chi connectivity index (χ1n) is 10.3. The van der Waals surface area contributed by atoms with Crippen LogP contribution < -0.4 is 4.90 Å². The minimum Gasteiger partial charge on any atom is -0.366 e. The lowest BCUT2D eigenvalue weighted by Crippen LogP contribution is -2.43. The zero-order valence-corrected chi connectivity index (χ0v) is 19.4. The van der Waals surface area contributed by atoms with E-state index in [2.05, 4.69) is 11.9 Å². The largest absolute Gasteiger partial charge is 0.366 e. The van der Waals surface area contributed by atoms with Crippen molar-refractivity contribution in [3.05, 3.63) is 69.3 Å². The quantitative estimate of drug-likeness (QED) is 0.628. The zero-order chi connectivity index (χ0) is 22.3. The van der Waals surface area contributed by atoms with E-state index in [4.69, 9.17) is 23.2 Å². The van der Waals surface area contributed by atoms with E-state index in [1.54, 1.807) is 36.4 Å². The van der Waals surface area contributed by atoms with Crippen LogP contribution in [0.3, 0.4) is 0 Å². The van der Waals surface area contributed by atoms with Crippen LogP contribution in [0.15, 0.2) is 48.2 Å². The van der Waals surface area contributed by atoms with Gasteiger partial charge in [0.2, 0.25) is 0 Å². The average Bonchev–Trinajstić information content (AvgIpc) is 3.00. The Morgan fingerprint density at radius 2 is 1.55 bits per heavy atom. The molecule has 0 spiro atoms. The van der Waals surface area contributed by atoms with E-state index in [1.807, 2.05) is 24.9 Å². The van der Waals surface area contributed by atoms with E-state index >= 15 is 0 Å². The van der Waals surface area contributed by atoms with Crippen molar-refractivity contribution in [1.82, 2.24) is 9.80 Å². The number of carbonyl (C=O) groups excluding carboxylic acids is 2. The van der Waals surface area contributed by atoms with Crippen LogP contribution >= 0.6 is 23.2 Å². The number of nitrogens with zero attached hydrogens (tertiary/aromatic N) is 3. The molecule has 7 heteroatoms. The number of halogens is 2. The van der Waals surface area contributed by atoms with Crippen molar-refractivity contribution in [2.45, 2.75) is 25.8 Å². The number of rotatable bonds is 4. The van der Waals surface area contributed by atoms with Crippen LogP contribution in [0, 0.1) is 6.92 Å². The number of anilines is 1. The normalized spacial score (nSPS) is 18.3. The Morgan fingerprint density at radius 3 is 2.19 bits per heavy atom. The molecule has 2 aliphatic rings. The van der Waals surface area contributed by atoms with Gasteiger partial charge in [-0.1, -0.05) is 41.4 Å². The number of imide groups is 1. The Morgan fingerprint density at radius 1 is 0.935 bits per heavy atom. The van der Waals surface area contributed by atoms with Crippen LogP contribution in [-0.4, -0.2) is 54.8 Å². The molecular formula is C24H25Cl2N3O2. The molecular weight excluding hydrogens is 433 g/mol. The predicted octanol–water partition coefficient (Wildman–Crippen LogP) is 4.61. The summed E-state index contributed by atoms with van der Waals surface area (Å²) < 4.78 is 0. The summed E-state index contributed by atoms with van der Waals surface area (Å²) in [6.07, 6.45) is 1.87. The molecule has 0 radical (unpaired) electrons. The monoisotopic (exact) mass is 457 g/mol. The number of likely N-dealkylation sites (tertiary alicyclic amines) is 1. The molecule has 0 atom stereocenters. The third-order valence-electron chi connectivity index (χ3n) is 6.19. The molecule has 2 amide bonds. The second-order valence-corrected chi connectivity index (χ2v) is 9.13. The summed E-state index contributed by atoms with van der Waals surface area (Å²) >= 11 is 12.3. The van der Waals surface area contributed by atoms with Crippen LogP contribution in [0.4, 0.5) is 5.69 Å². The van der Waals surface area contributed by atoms with Crippen LogP contribution in [0.1, 0.15) is 24.0 Å². The second kappa shape index (κ2) is 8.65. The Kier molecular flexibility index (Phi) is 6.11. The van der Waals surface area contributed by atoms with Crippen molar-refractivity contribution in [3.63, 3.8) is 0 Å². The molecule has 4 rings (SSSR count). The number of aryl methyl sites for hydroxylation is 1. The van der Waals surface area contributed by atoms with Gasteiger partial charge in [0.25, 0.3) is 11.8 Å². The average molecular weight is 458 g/mol. The van der Waals surface area contributed by atoms with E-state index in [0.29, 0.717) is 32.6 Å². The zero-order valence-electron chi connectivity index (χ0n) is 17.9. The summed E-state index contributed by atoms with van der Waals surface area (Å²) in [4.78, 5) is 32.9. The second-order valence-electron chi connectivity index (χ2n) is 8.25. The van der Waals surface area contributed by atoms with Gasteiger partial charge in [0.1, 0.15) is 5.70 Å². The first-order valence-corrected chi connectivity index (χ1v) is 11.1. The smallest absolute Gasteiger partial charge is 0.282 e. The highest BCUT2D eigenvalue weighted by atomic mass is 35.5. The van der Waals surface area contributed by atoms with Crippen molar-refractivity contribution in [1.29, 1.82) is 0 Å². The minimum absolute atomic E-state index is 0.186. The van der Waals surface area contributed by atoms with Gasteiger partial charge in [0, 0.05) is 23.1 Å². The summed E-state index contributed by atoms with van der Waals surface area (Å²) in [7, 11) is 4.02. The summed E-state index contributed by atoms with van der Waals surface area (Å²) in [5, 5.41) is 1.06. The molecule has 2 aromatic rings. The SMILES string of the molecule is Cc1ccc(Cl)cc1N1C(=O)C(c2ccc(Cl)cc2)=C(N(C)C2CCN(C)CC2)C1=O. The van der Waals surface area contributed by atoms with Gasteiger partial charge >= 0.3 is 0 Å². The van der Waals surface area contributed by atoms with E-state index in [0.717, 1.165) is 31.5 Å². The Hall–Kier alpha value is -2.34. The number of carbonyl (C=O) groups is 2. The van der Waals surface area contributed by atoms with Crippen molar-refractivity contribution >= 4 is 46.3 Å². The highest BCUT2D eigenvalue weighted by Crippen LogP contribution is 2.38. The van der Waals surface area contributed by atoms with Crippen LogP contribution in [0.25, 0.3) is 5.57 Å². The Balaban J connectivity index is 1.81. The number of hydrogen-bond acceptors (Lipinski definition) is 4. The van der Waals surface area contributed by atoms with Crippen LogP contribution in [0.2, 0.25) is 10.0 Å². The van der Waals surface area contributed by atoms with Crippen LogP contribution in [0.5, 0.6) is 0 Å². The minimum atomic E-state index is -0.340. The Bertz CT molecular complexity index is 1060. The highest BCUT2D eigenvalue weighted by Gasteiger charge is 2.43. The molecule has 2 aliphatic heterocycles. The summed E-state index contributed by atoms with van der Waals surface area (Å²) in [5.41, 5.74) is 2.84. The van der Waals surface area contributed by atoms with Crippen LogP contribution in [-0.2, 0) is 9.59 Å². The molecule has 0 unspecified atom stereocenters. The number of hydrogen-bond donors (Lipinski definition) is 0. The highest BCUT2D eigenvalue weighted by molar-refractivity contribution is 6.46. The van der Waals surface area contributed by atoms with E-state index in [1.165, 1.54) is 4.90 Å². The lowest BCUT2D eigenvalue weighted by Gasteiger charge is -2.36. The lowest BCUT2D eigenvalue weighted by atomic mass is 10.0. The molecule has 1 saturated heterocycles. The predicted molar refractivity (Wildman–Crippen MR) is 125 cm³/mol. The van der Waals surface area contributed by atoms with E-state index in [9.17, 15) is 9.59 Å². The fourth-order valence-corrected chi connectivity index (χ4v) is 4.62. The van der Waals surface area contributed by atoms with Gasteiger partial charge in [-0.3, -0.25) is 9.59 Å². The molecule has 0 N–H and O–H groups in total. The third-order valence-corrected chi connectivity index (χ3v) is 6.68. The van der Waals surface area contributed by atoms with Crippen molar-refractivity contribution < 1.29 is 9.59 Å². The maximum atomic E-state index is 13.7. The lowest BCUT2D eigenvalue weighted by molar-refractivity contribution is -0.120. The van der Waals surface area contributed by atoms with E-state index in [-0.39, 0.29) is 17.9 Å². The standard InChI is InChI=1S/C24H25Cl2N3O2/c1-15-4-7-18(26)14-20(15)29-23(30)21(16-5-8-17(25)9-6-16)22(24(29)31)28(3)19-10-12-27(2)13-11-19/h4-9,14,19H,10-13H2,1-3H3. The number of benzene rings is 2. The van der Waals surface area contributed by atoms with Gasteiger partial charge in [0.05, 0.1) is 11.3 Å². The molecule has 2 aromatic carbocycles. The Labute approximate surface area is 192 Å². The first-order chi connectivity index (χ1) is 14.8. The topological polar surface area (TPSA) is 43.9 Å². The van der Waals surface area contributed by atoms with Gasteiger partial charge in [-0.25, -0.2) is 4.90 Å².